The van der Waals surface area contributed by atoms with Gasteiger partial charge in [0.25, 0.3) is 10.1 Å². The van der Waals surface area contributed by atoms with E-state index in [1.165, 1.54) is 12.1 Å². The van der Waals surface area contributed by atoms with Gasteiger partial charge in [-0.05, 0) is 94.2 Å². The van der Waals surface area contributed by atoms with Gasteiger partial charge in [0.05, 0.1) is 10.6 Å². The first kappa shape index (κ1) is 37.5. The molecule has 0 aliphatic heterocycles. The summed E-state index contributed by atoms with van der Waals surface area (Å²) in [7, 11) is -4.31. The number of rotatable bonds is 13. The van der Waals surface area contributed by atoms with Crippen molar-refractivity contribution in [3.05, 3.63) is 60.3 Å². The van der Waals surface area contributed by atoms with E-state index in [4.69, 9.17) is 0 Å². The monoisotopic (exact) mass is 652 g/mol. The molecule has 0 bridgehead atoms. The molecule has 2 atom stereocenters. The minimum Gasteiger partial charge on any atom is -0.506 e. The molecular weight excluding hydrogens is 596 g/mol. The summed E-state index contributed by atoms with van der Waals surface area (Å²) in [4.78, 5) is 18.6. The number of amides is 1. The van der Waals surface area contributed by atoms with Gasteiger partial charge >= 0.3 is 0 Å². The Morgan fingerprint density at radius 3 is 1.96 bits per heavy atom. The van der Waals surface area contributed by atoms with E-state index >= 15 is 0 Å². The molecule has 7 nitrogen and oxygen atoms in total. The van der Waals surface area contributed by atoms with Gasteiger partial charge < -0.3 is 10.4 Å². The van der Waals surface area contributed by atoms with Gasteiger partial charge in [0, 0.05) is 17.5 Å². The normalized spacial score (nSPS) is 14.9. The lowest BCUT2D eigenvalue weighted by Crippen LogP contribution is -2.46. The molecule has 3 aromatic rings. The van der Waals surface area contributed by atoms with Gasteiger partial charge in [-0.2, -0.15) is 8.42 Å². The van der Waals surface area contributed by atoms with Crippen molar-refractivity contribution in [2.45, 2.75) is 107 Å². The van der Waals surface area contributed by atoms with E-state index in [-0.39, 0.29) is 56.0 Å². The third-order valence-electron chi connectivity index (χ3n) is 11.9. The summed E-state index contributed by atoms with van der Waals surface area (Å²) < 4.78 is 33.3. The molecule has 0 spiro atoms. The molecule has 254 valence electrons. The van der Waals surface area contributed by atoms with Crippen LogP contribution in [0.2, 0.25) is 0 Å². The maximum Gasteiger partial charge on any atom is 0.294 e. The molecule has 0 aliphatic carbocycles. The van der Waals surface area contributed by atoms with Gasteiger partial charge in [-0.25, -0.2) is 0 Å². The Balaban J connectivity index is 2.10. The van der Waals surface area contributed by atoms with Crippen LogP contribution in [0.4, 0.5) is 5.69 Å². The summed E-state index contributed by atoms with van der Waals surface area (Å²) in [6.07, 6.45) is 3.08. The predicted octanol–water partition coefficient (Wildman–Crippen LogP) is 9.72. The number of anilines is 1. The lowest BCUT2D eigenvalue weighted by molar-refractivity contribution is -0.127. The second-order valence-corrected chi connectivity index (χ2v) is 17.7. The number of pyridine rings is 1. The van der Waals surface area contributed by atoms with Gasteiger partial charge in [0.15, 0.2) is 0 Å². The van der Waals surface area contributed by atoms with Crippen LogP contribution in [-0.2, 0) is 14.9 Å². The number of phenolic OH excluding ortho intramolecular Hbond substituents is 1. The number of hydrogen-bond acceptors (Lipinski definition) is 5. The lowest BCUT2D eigenvalue weighted by Gasteiger charge is -2.52. The maximum absolute atomic E-state index is 14.4. The van der Waals surface area contributed by atoms with E-state index in [1.807, 2.05) is 18.2 Å². The minimum absolute atomic E-state index is 0.0216. The standard InChI is InChI=1S/C38H56N2O5S/c1-24(2)35(5,6)22-29(26-15-17-27(18-16-26)46(43,44)45)38(11,12)36(7,8)23-30(37(9,10)25(3)4)34(42)40-31-19-20-32(41)33-28(31)14-13-21-39-33/h13-21,24-25,29-30,41H,22-23H2,1-12H3,(H,40,42)(H,43,44,45). The van der Waals surface area contributed by atoms with E-state index in [0.717, 1.165) is 12.0 Å². The second kappa shape index (κ2) is 13.3. The highest BCUT2D eigenvalue weighted by Gasteiger charge is 2.50. The fourth-order valence-electron chi connectivity index (χ4n) is 6.25. The van der Waals surface area contributed by atoms with Crippen LogP contribution in [0.5, 0.6) is 5.75 Å². The molecule has 2 aromatic carbocycles. The highest BCUT2D eigenvalue weighted by atomic mass is 32.2. The van der Waals surface area contributed by atoms with E-state index < -0.39 is 10.1 Å². The molecule has 3 rings (SSSR count). The fraction of sp³-hybridized carbons (Fsp3) is 0.579. The Morgan fingerprint density at radius 1 is 0.848 bits per heavy atom. The van der Waals surface area contributed by atoms with Gasteiger partial charge in [0.2, 0.25) is 5.91 Å². The molecule has 1 amide bonds. The van der Waals surface area contributed by atoms with Crippen LogP contribution in [-0.4, -0.2) is 29.0 Å². The molecule has 0 radical (unpaired) electrons. The fourth-order valence-corrected chi connectivity index (χ4v) is 6.73. The van der Waals surface area contributed by atoms with Crippen molar-refractivity contribution in [3.8, 4) is 5.75 Å². The zero-order valence-corrected chi connectivity index (χ0v) is 30.7. The van der Waals surface area contributed by atoms with Crippen LogP contribution in [0.25, 0.3) is 10.9 Å². The van der Waals surface area contributed by atoms with Crippen molar-refractivity contribution in [2.75, 3.05) is 5.32 Å². The molecule has 0 saturated heterocycles. The average molecular weight is 653 g/mol. The average Bonchev–Trinajstić information content (AvgIpc) is 2.95. The Hall–Kier alpha value is -2.97. The van der Waals surface area contributed by atoms with Crippen LogP contribution in [0.1, 0.15) is 107 Å². The summed E-state index contributed by atoms with van der Waals surface area (Å²) in [5.41, 5.74) is 0.971. The zero-order valence-electron chi connectivity index (χ0n) is 29.9. The number of phenols is 1. The summed E-state index contributed by atoms with van der Waals surface area (Å²) >= 11 is 0. The third-order valence-corrected chi connectivity index (χ3v) is 12.8. The minimum atomic E-state index is -4.31. The number of fused-ring (bicyclic) bond motifs is 1. The quantitative estimate of drug-likeness (QED) is 0.125. The zero-order chi connectivity index (χ0) is 35.0. The van der Waals surface area contributed by atoms with Gasteiger partial charge in [-0.1, -0.05) is 95.2 Å². The first-order chi connectivity index (χ1) is 20.9. The number of aromatic nitrogens is 1. The third kappa shape index (κ3) is 7.76. The van der Waals surface area contributed by atoms with E-state index in [1.54, 1.807) is 24.4 Å². The molecule has 0 saturated carbocycles. The summed E-state index contributed by atoms with van der Waals surface area (Å²) in [6, 6.07) is 13.6. The number of hydrogen-bond donors (Lipinski definition) is 3. The summed E-state index contributed by atoms with van der Waals surface area (Å²) in [6.45, 7) is 26.6. The number of nitrogens with one attached hydrogen (secondary N) is 1. The molecule has 0 fully saturated rings. The van der Waals surface area contributed by atoms with Crippen LogP contribution < -0.4 is 5.32 Å². The van der Waals surface area contributed by atoms with Crippen molar-refractivity contribution in [1.82, 2.24) is 4.98 Å². The first-order valence-electron chi connectivity index (χ1n) is 16.4. The van der Waals surface area contributed by atoms with E-state index in [2.05, 4.69) is 93.4 Å². The van der Waals surface area contributed by atoms with Gasteiger partial charge in [-0.3, -0.25) is 14.3 Å². The van der Waals surface area contributed by atoms with Crippen LogP contribution in [0.15, 0.2) is 59.6 Å². The largest absolute Gasteiger partial charge is 0.506 e. The maximum atomic E-state index is 14.4. The topological polar surface area (TPSA) is 117 Å². The van der Waals surface area contributed by atoms with Crippen LogP contribution >= 0.6 is 0 Å². The van der Waals surface area contributed by atoms with Gasteiger partial charge in [-0.15, -0.1) is 0 Å². The highest BCUT2D eigenvalue weighted by molar-refractivity contribution is 7.85. The Kier molecular flexibility index (Phi) is 10.8. The first-order valence-corrected chi connectivity index (χ1v) is 17.8. The molecular formula is C38H56N2O5S. The van der Waals surface area contributed by atoms with Crippen molar-refractivity contribution < 1.29 is 22.9 Å². The number of nitrogens with zero attached hydrogens (tertiary/aromatic N) is 1. The molecule has 8 heteroatoms. The second-order valence-electron chi connectivity index (χ2n) is 16.3. The number of aromatic hydroxyl groups is 1. The van der Waals surface area contributed by atoms with Crippen molar-refractivity contribution in [2.24, 2.45) is 39.4 Å². The number of carbonyl (C=O) groups is 1. The Bertz CT molecular complexity index is 1640. The molecule has 1 aromatic heterocycles. The van der Waals surface area contributed by atoms with E-state index in [0.29, 0.717) is 28.9 Å². The van der Waals surface area contributed by atoms with Crippen molar-refractivity contribution in [1.29, 1.82) is 0 Å². The molecule has 46 heavy (non-hydrogen) atoms. The predicted molar refractivity (Wildman–Crippen MR) is 189 cm³/mol. The Labute approximate surface area is 277 Å². The summed E-state index contributed by atoms with van der Waals surface area (Å²) in [5, 5.41) is 14.3. The van der Waals surface area contributed by atoms with Crippen LogP contribution in [0.3, 0.4) is 0 Å². The summed E-state index contributed by atoms with van der Waals surface area (Å²) in [5.74, 6) is 0.268. The van der Waals surface area contributed by atoms with Gasteiger partial charge in [0.1, 0.15) is 11.3 Å². The number of benzene rings is 2. The molecule has 0 aliphatic rings. The number of carbonyl (C=O) groups excluding carboxylic acids is 1. The molecule has 1 heterocycles. The van der Waals surface area contributed by atoms with E-state index in [9.17, 15) is 22.9 Å². The van der Waals surface area contributed by atoms with Crippen molar-refractivity contribution in [3.63, 3.8) is 0 Å². The molecule has 2 unspecified atom stereocenters. The Morgan fingerprint density at radius 2 is 1.43 bits per heavy atom. The molecule has 3 N–H and O–H groups in total. The van der Waals surface area contributed by atoms with Crippen molar-refractivity contribution >= 4 is 32.6 Å². The lowest BCUT2D eigenvalue weighted by atomic mass is 9.52. The highest BCUT2D eigenvalue weighted by Crippen LogP contribution is 2.57. The SMILES string of the molecule is CC(C)C(C)(C)CC(c1ccc(S(=O)(=O)O)cc1)C(C)(C)C(C)(C)CC(C(=O)Nc1ccc(O)c2ncccc12)C(C)(C)C(C)C. The van der Waals surface area contributed by atoms with Crippen LogP contribution in [0, 0.1) is 39.4 Å². The smallest absolute Gasteiger partial charge is 0.294 e.